The lowest BCUT2D eigenvalue weighted by molar-refractivity contribution is 0.277. The van der Waals surface area contributed by atoms with Gasteiger partial charge in [-0.3, -0.25) is 4.90 Å². The molecular weight excluding hydrogens is 340 g/mol. The molecule has 0 amide bonds. The monoisotopic (exact) mass is 363 g/mol. The molecule has 1 aliphatic rings. The van der Waals surface area contributed by atoms with Gasteiger partial charge in [-0.05, 0) is 38.1 Å². The number of nitrogens with one attached hydrogen (secondary N) is 3. The van der Waals surface area contributed by atoms with Crippen molar-refractivity contribution in [3.8, 4) is 0 Å². The van der Waals surface area contributed by atoms with Crippen LogP contribution in [0.4, 0.5) is 32.3 Å². The van der Waals surface area contributed by atoms with Gasteiger partial charge in [-0.1, -0.05) is 6.92 Å². The van der Waals surface area contributed by atoms with Crippen LogP contribution in [0.25, 0.3) is 0 Å². The van der Waals surface area contributed by atoms with Crippen molar-refractivity contribution in [2.24, 2.45) is 0 Å². The predicted molar refractivity (Wildman–Crippen MR) is 97.8 cm³/mol. The van der Waals surface area contributed by atoms with Crippen LogP contribution < -0.4 is 16.0 Å². The molecule has 3 rings (SSSR count). The Morgan fingerprint density at radius 3 is 2.65 bits per heavy atom. The molecule has 1 fully saturated rings. The van der Waals surface area contributed by atoms with Crippen molar-refractivity contribution in [2.75, 3.05) is 42.6 Å². The fraction of sp³-hybridized carbons (Fsp3) is 0.471. The first kappa shape index (κ1) is 18.2. The van der Waals surface area contributed by atoms with Gasteiger partial charge in [-0.2, -0.15) is 15.0 Å². The van der Waals surface area contributed by atoms with Crippen molar-refractivity contribution in [1.29, 1.82) is 0 Å². The zero-order valence-corrected chi connectivity index (χ0v) is 14.9. The van der Waals surface area contributed by atoms with Crippen molar-refractivity contribution in [1.82, 2.24) is 19.9 Å². The molecule has 1 aromatic carbocycles. The number of likely N-dealkylation sites (tertiary alicyclic amines) is 1. The molecule has 1 aliphatic heterocycles. The minimum absolute atomic E-state index is 0.0959. The number of aromatic nitrogens is 3. The van der Waals surface area contributed by atoms with E-state index in [1.165, 1.54) is 18.6 Å². The van der Waals surface area contributed by atoms with E-state index in [0.29, 0.717) is 17.9 Å². The molecule has 1 saturated heterocycles. The van der Waals surface area contributed by atoms with Gasteiger partial charge in [0.25, 0.3) is 0 Å². The van der Waals surface area contributed by atoms with Crippen molar-refractivity contribution in [3.63, 3.8) is 0 Å². The second kappa shape index (κ2) is 8.22. The van der Waals surface area contributed by atoms with E-state index in [0.717, 1.165) is 32.1 Å². The lowest BCUT2D eigenvalue weighted by Gasteiger charge is -2.23. The standard InChI is InChI=1S/C17H23F2N7/c1-3-26-8-4-5-12(26)10-21-16-23-15(20-2)24-17(25-16)22-14-7-6-11(18)9-13(14)19/h6-7,9,12H,3-5,8,10H2,1-2H3,(H3,20,21,22,23,24,25). The normalized spacial score (nSPS) is 17.3. The summed E-state index contributed by atoms with van der Waals surface area (Å²) in [7, 11) is 1.69. The molecule has 1 atom stereocenters. The van der Waals surface area contributed by atoms with E-state index >= 15 is 0 Å². The first-order valence-corrected chi connectivity index (χ1v) is 8.73. The molecule has 1 aromatic heterocycles. The van der Waals surface area contributed by atoms with Crippen molar-refractivity contribution < 1.29 is 8.78 Å². The van der Waals surface area contributed by atoms with Crippen molar-refractivity contribution in [3.05, 3.63) is 29.8 Å². The highest BCUT2D eigenvalue weighted by atomic mass is 19.1. The molecule has 9 heteroatoms. The molecule has 2 heterocycles. The average molecular weight is 363 g/mol. The van der Waals surface area contributed by atoms with Crippen LogP contribution in [0, 0.1) is 11.6 Å². The van der Waals surface area contributed by atoms with Gasteiger partial charge in [0.05, 0.1) is 5.69 Å². The van der Waals surface area contributed by atoms with Crippen LogP contribution in [0.2, 0.25) is 0 Å². The second-order valence-electron chi connectivity index (χ2n) is 6.11. The van der Waals surface area contributed by atoms with Gasteiger partial charge in [0.2, 0.25) is 17.8 Å². The molecular formula is C17H23F2N7. The summed E-state index contributed by atoms with van der Waals surface area (Å²) >= 11 is 0. The third kappa shape index (κ3) is 4.34. The summed E-state index contributed by atoms with van der Waals surface area (Å²) in [6.45, 7) is 5.01. The Bertz CT molecular complexity index is 756. The van der Waals surface area contributed by atoms with Crippen LogP contribution in [0.15, 0.2) is 18.2 Å². The number of rotatable bonds is 7. The number of anilines is 4. The molecule has 3 N–H and O–H groups in total. The zero-order chi connectivity index (χ0) is 18.5. The molecule has 0 spiro atoms. The highest BCUT2D eigenvalue weighted by molar-refractivity contribution is 5.56. The number of benzene rings is 1. The molecule has 140 valence electrons. The Kier molecular flexibility index (Phi) is 5.77. The Morgan fingerprint density at radius 2 is 1.92 bits per heavy atom. The summed E-state index contributed by atoms with van der Waals surface area (Å²) in [6, 6.07) is 3.73. The highest BCUT2D eigenvalue weighted by Gasteiger charge is 2.23. The minimum atomic E-state index is -0.713. The summed E-state index contributed by atoms with van der Waals surface area (Å²) < 4.78 is 26.9. The average Bonchev–Trinajstić information content (AvgIpc) is 3.10. The Morgan fingerprint density at radius 1 is 1.15 bits per heavy atom. The van der Waals surface area contributed by atoms with Gasteiger partial charge in [-0.15, -0.1) is 0 Å². The first-order valence-electron chi connectivity index (χ1n) is 8.73. The maximum Gasteiger partial charge on any atom is 0.233 e. The summed E-state index contributed by atoms with van der Waals surface area (Å²) in [5.74, 6) is -0.422. The van der Waals surface area contributed by atoms with E-state index in [4.69, 9.17) is 0 Å². The minimum Gasteiger partial charge on any atom is -0.357 e. The molecule has 1 unspecified atom stereocenters. The van der Waals surface area contributed by atoms with Gasteiger partial charge in [-0.25, -0.2) is 8.78 Å². The number of likely N-dealkylation sites (N-methyl/N-ethyl adjacent to an activating group) is 1. The van der Waals surface area contributed by atoms with Gasteiger partial charge in [0.15, 0.2) is 0 Å². The van der Waals surface area contributed by atoms with E-state index in [9.17, 15) is 8.78 Å². The first-order chi connectivity index (χ1) is 12.6. The smallest absolute Gasteiger partial charge is 0.233 e. The van der Waals surface area contributed by atoms with Crippen LogP contribution in [-0.2, 0) is 0 Å². The molecule has 7 nitrogen and oxygen atoms in total. The van der Waals surface area contributed by atoms with Gasteiger partial charge in [0, 0.05) is 25.7 Å². The zero-order valence-electron chi connectivity index (χ0n) is 14.9. The van der Waals surface area contributed by atoms with Gasteiger partial charge in [0.1, 0.15) is 11.6 Å². The van der Waals surface area contributed by atoms with Crippen LogP contribution >= 0.6 is 0 Å². The Labute approximate surface area is 151 Å². The second-order valence-corrected chi connectivity index (χ2v) is 6.11. The lowest BCUT2D eigenvalue weighted by Crippen LogP contribution is -2.35. The Balaban J connectivity index is 1.73. The van der Waals surface area contributed by atoms with Gasteiger partial charge >= 0.3 is 0 Å². The van der Waals surface area contributed by atoms with Crippen molar-refractivity contribution >= 4 is 23.5 Å². The third-order valence-electron chi connectivity index (χ3n) is 4.44. The summed E-state index contributed by atoms with van der Waals surface area (Å²) in [6.07, 6.45) is 2.33. The summed E-state index contributed by atoms with van der Waals surface area (Å²) in [4.78, 5) is 15.2. The summed E-state index contributed by atoms with van der Waals surface area (Å²) in [5.41, 5.74) is 0.0959. The fourth-order valence-corrected chi connectivity index (χ4v) is 3.09. The lowest BCUT2D eigenvalue weighted by atomic mass is 10.2. The number of nitrogens with zero attached hydrogens (tertiary/aromatic N) is 4. The SMILES string of the molecule is CCN1CCCC1CNc1nc(NC)nc(Nc2ccc(F)cc2F)n1. The van der Waals surface area contributed by atoms with Crippen LogP contribution in [0.5, 0.6) is 0 Å². The van der Waals surface area contributed by atoms with Crippen LogP contribution in [-0.4, -0.2) is 52.6 Å². The predicted octanol–water partition coefficient (Wildman–Crippen LogP) is 2.83. The number of hydrogen-bond acceptors (Lipinski definition) is 7. The largest absolute Gasteiger partial charge is 0.357 e. The van der Waals surface area contributed by atoms with E-state index < -0.39 is 11.6 Å². The molecule has 26 heavy (non-hydrogen) atoms. The maximum atomic E-state index is 13.8. The molecule has 0 radical (unpaired) electrons. The van der Waals surface area contributed by atoms with Crippen LogP contribution in [0.1, 0.15) is 19.8 Å². The maximum absolute atomic E-state index is 13.8. The van der Waals surface area contributed by atoms with Crippen molar-refractivity contribution in [2.45, 2.75) is 25.8 Å². The summed E-state index contributed by atoms with van der Waals surface area (Å²) in [5, 5.41) is 8.86. The fourth-order valence-electron chi connectivity index (χ4n) is 3.09. The molecule has 0 saturated carbocycles. The van der Waals surface area contributed by atoms with E-state index in [1.807, 2.05) is 0 Å². The Hall–Kier alpha value is -2.55. The number of halogens is 2. The topological polar surface area (TPSA) is 78.0 Å². The van der Waals surface area contributed by atoms with E-state index in [2.05, 4.69) is 42.7 Å². The molecule has 2 aromatic rings. The molecule has 0 aliphatic carbocycles. The third-order valence-corrected chi connectivity index (χ3v) is 4.44. The highest BCUT2D eigenvalue weighted by Crippen LogP contribution is 2.21. The molecule has 0 bridgehead atoms. The van der Waals surface area contributed by atoms with E-state index in [-0.39, 0.29) is 11.6 Å². The van der Waals surface area contributed by atoms with Gasteiger partial charge < -0.3 is 16.0 Å². The number of hydrogen-bond donors (Lipinski definition) is 3. The van der Waals surface area contributed by atoms with Crippen LogP contribution in [0.3, 0.4) is 0 Å². The van der Waals surface area contributed by atoms with E-state index in [1.54, 1.807) is 7.05 Å². The quantitative estimate of drug-likeness (QED) is 0.698.